The van der Waals surface area contributed by atoms with Crippen molar-refractivity contribution in [2.75, 3.05) is 7.11 Å². The van der Waals surface area contributed by atoms with Gasteiger partial charge in [0, 0.05) is 5.56 Å². The number of rotatable bonds is 3. The molecule has 0 saturated heterocycles. The Morgan fingerprint density at radius 3 is 2.60 bits per heavy atom. The largest absolute Gasteiger partial charge is 0.468 e. The van der Waals surface area contributed by atoms with Gasteiger partial charge in [-0.1, -0.05) is 18.1 Å². The highest BCUT2D eigenvalue weighted by atomic mass is 16.5. The van der Waals surface area contributed by atoms with Crippen LogP contribution in [0.3, 0.4) is 0 Å². The van der Waals surface area contributed by atoms with Gasteiger partial charge in [0.2, 0.25) is 0 Å². The molecule has 0 bridgehead atoms. The Balaban J connectivity index is 2.66. The number of esters is 1. The molecule has 0 fully saturated rings. The number of hydrogen-bond acceptors (Lipinski definition) is 3. The smallest absolute Gasteiger partial charge is 0.322 e. The summed E-state index contributed by atoms with van der Waals surface area (Å²) >= 11 is 0. The van der Waals surface area contributed by atoms with Crippen LogP contribution in [0.2, 0.25) is 0 Å². The minimum Gasteiger partial charge on any atom is -0.468 e. The molecule has 0 spiro atoms. The molecule has 0 amide bonds. The maximum atomic E-state index is 11.1. The van der Waals surface area contributed by atoms with E-state index in [0.717, 1.165) is 11.1 Å². The monoisotopic (exact) mass is 203 g/mol. The fourth-order valence-electron chi connectivity index (χ4n) is 1.23. The lowest BCUT2D eigenvalue weighted by Crippen LogP contribution is -2.33. The second-order valence-corrected chi connectivity index (χ2v) is 3.18. The zero-order valence-electron chi connectivity index (χ0n) is 8.57. The first-order valence-electron chi connectivity index (χ1n) is 4.56. The molecule has 1 aromatic carbocycles. The van der Waals surface area contributed by atoms with Crippen molar-refractivity contribution >= 4 is 5.97 Å². The molecular formula is C12H13NO2. The molecule has 1 atom stereocenters. The number of terminal acetylenes is 1. The van der Waals surface area contributed by atoms with Crippen molar-refractivity contribution in [1.82, 2.24) is 0 Å². The van der Waals surface area contributed by atoms with Crippen LogP contribution in [0.4, 0.5) is 0 Å². The van der Waals surface area contributed by atoms with Crippen LogP contribution >= 0.6 is 0 Å². The van der Waals surface area contributed by atoms with E-state index in [1.54, 1.807) is 0 Å². The molecule has 0 heterocycles. The van der Waals surface area contributed by atoms with Crippen molar-refractivity contribution < 1.29 is 9.53 Å². The Bertz CT molecular complexity index is 376. The highest BCUT2D eigenvalue weighted by molar-refractivity contribution is 5.75. The van der Waals surface area contributed by atoms with E-state index in [9.17, 15) is 4.79 Å². The highest BCUT2D eigenvalue weighted by Gasteiger charge is 2.13. The van der Waals surface area contributed by atoms with Crippen LogP contribution in [0.5, 0.6) is 0 Å². The molecule has 0 aliphatic heterocycles. The Kier molecular flexibility index (Phi) is 3.90. The predicted octanol–water partition coefficient (Wildman–Crippen LogP) is 0.711. The Morgan fingerprint density at radius 1 is 1.53 bits per heavy atom. The minimum atomic E-state index is -0.619. The summed E-state index contributed by atoms with van der Waals surface area (Å²) in [4.78, 5) is 11.1. The summed E-state index contributed by atoms with van der Waals surface area (Å²) in [5, 5.41) is 0. The average molecular weight is 203 g/mol. The number of carbonyl (C=O) groups is 1. The van der Waals surface area contributed by atoms with Crippen LogP contribution in [0.1, 0.15) is 11.1 Å². The molecule has 1 aromatic rings. The molecule has 0 aliphatic rings. The Labute approximate surface area is 89.2 Å². The van der Waals surface area contributed by atoms with Gasteiger partial charge in [-0.15, -0.1) is 6.42 Å². The predicted molar refractivity (Wildman–Crippen MR) is 58.1 cm³/mol. The quantitative estimate of drug-likeness (QED) is 0.581. The molecule has 78 valence electrons. The summed E-state index contributed by atoms with van der Waals surface area (Å²) in [6.45, 7) is 0. The molecular weight excluding hydrogens is 190 g/mol. The number of methoxy groups -OCH3 is 1. The van der Waals surface area contributed by atoms with Gasteiger partial charge in [0.05, 0.1) is 7.11 Å². The number of carbonyl (C=O) groups excluding carboxylic acids is 1. The van der Waals surface area contributed by atoms with Crippen molar-refractivity contribution in [1.29, 1.82) is 0 Å². The third-order valence-electron chi connectivity index (χ3n) is 2.08. The van der Waals surface area contributed by atoms with Crippen molar-refractivity contribution in [2.45, 2.75) is 12.5 Å². The molecule has 0 aliphatic carbocycles. The second kappa shape index (κ2) is 5.18. The lowest BCUT2D eigenvalue weighted by molar-refractivity contribution is -0.142. The van der Waals surface area contributed by atoms with Gasteiger partial charge in [-0.05, 0) is 24.1 Å². The first kappa shape index (κ1) is 11.3. The van der Waals surface area contributed by atoms with Crippen molar-refractivity contribution in [3.05, 3.63) is 35.4 Å². The molecule has 3 heteroatoms. The van der Waals surface area contributed by atoms with E-state index in [0.29, 0.717) is 6.42 Å². The average Bonchev–Trinajstić information content (AvgIpc) is 2.29. The van der Waals surface area contributed by atoms with Gasteiger partial charge in [0.25, 0.3) is 0 Å². The summed E-state index contributed by atoms with van der Waals surface area (Å²) < 4.78 is 4.53. The van der Waals surface area contributed by atoms with Crippen LogP contribution in [0.25, 0.3) is 0 Å². The first-order valence-corrected chi connectivity index (χ1v) is 4.56. The zero-order chi connectivity index (χ0) is 11.3. The Hall–Kier alpha value is -1.79. The van der Waals surface area contributed by atoms with E-state index in [1.165, 1.54) is 7.11 Å². The molecule has 0 aromatic heterocycles. The third kappa shape index (κ3) is 3.12. The maximum absolute atomic E-state index is 11.1. The van der Waals surface area contributed by atoms with Gasteiger partial charge in [-0.2, -0.15) is 0 Å². The van der Waals surface area contributed by atoms with Crippen LogP contribution in [-0.2, 0) is 16.0 Å². The van der Waals surface area contributed by atoms with Gasteiger partial charge >= 0.3 is 5.97 Å². The van der Waals surface area contributed by atoms with Crippen molar-refractivity contribution in [3.8, 4) is 12.3 Å². The number of ether oxygens (including phenoxy) is 1. The molecule has 0 radical (unpaired) electrons. The van der Waals surface area contributed by atoms with E-state index in [1.807, 2.05) is 24.3 Å². The molecule has 1 rings (SSSR count). The van der Waals surface area contributed by atoms with E-state index >= 15 is 0 Å². The Morgan fingerprint density at radius 2 is 2.13 bits per heavy atom. The van der Waals surface area contributed by atoms with Gasteiger partial charge in [0.1, 0.15) is 6.04 Å². The molecule has 0 saturated carbocycles. The standard InChI is InChI=1S/C12H13NO2/c1-3-9-4-6-10(7-5-9)8-11(13)12(14)15-2/h1,4-7,11H,8,13H2,2H3. The van der Waals surface area contributed by atoms with E-state index in [2.05, 4.69) is 10.7 Å². The topological polar surface area (TPSA) is 52.3 Å². The van der Waals surface area contributed by atoms with E-state index in [-0.39, 0.29) is 0 Å². The maximum Gasteiger partial charge on any atom is 0.322 e. The molecule has 1 unspecified atom stereocenters. The van der Waals surface area contributed by atoms with Crippen molar-refractivity contribution in [2.24, 2.45) is 5.73 Å². The van der Waals surface area contributed by atoms with Gasteiger partial charge in [-0.25, -0.2) is 0 Å². The van der Waals surface area contributed by atoms with Crippen LogP contribution < -0.4 is 5.73 Å². The third-order valence-corrected chi connectivity index (χ3v) is 2.08. The number of benzene rings is 1. The summed E-state index contributed by atoms with van der Waals surface area (Å²) in [6.07, 6.45) is 5.68. The second-order valence-electron chi connectivity index (χ2n) is 3.18. The fraction of sp³-hybridized carbons (Fsp3) is 0.250. The lowest BCUT2D eigenvalue weighted by Gasteiger charge is -2.08. The summed E-state index contributed by atoms with van der Waals surface area (Å²) in [5.41, 5.74) is 7.39. The first-order chi connectivity index (χ1) is 7.17. The van der Waals surface area contributed by atoms with Crippen LogP contribution in [0, 0.1) is 12.3 Å². The molecule has 15 heavy (non-hydrogen) atoms. The van der Waals surface area contributed by atoms with Crippen molar-refractivity contribution in [3.63, 3.8) is 0 Å². The number of nitrogens with two attached hydrogens (primary N) is 1. The van der Waals surface area contributed by atoms with Crippen LogP contribution in [0.15, 0.2) is 24.3 Å². The van der Waals surface area contributed by atoms with E-state index < -0.39 is 12.0 Å². The summed E-state index contributed by atoms with van der Waals surface area (Å²) in [6, 6.07) is 6.74. The molecule has 3 nitrogen and oxygen atoms in total. The summed E-state index contributed by atoms with van der Waals surface area (Å²) in [5.74, 6) is 2.11. The lowest BCUT2D eigenvalue weighted by atomic mass is 10.1. The van der Waals surface area contributed by atoms with Gasteiger partial charge < -0.3 is 10.5 Å². The van der Waals surface area contributed by atoms with Gasteiger partial charge in [-0.3, -0.25) is 4.79 Å². The SMILES string of the molecule is C#Cc1ccc(CC(N)C(=O)OC)cc1. The zero-order valence-corrected chi connectivity index (χ0v) is 8.57. The number of hydrogen-bond donors (Lipinski definition) is 1. The normalized spacial score (nSPS) is 11.5. The van der Waals surface area contributed by atoms with E-state index in [4.69, 9.17) is 12.2 Å². The minimum absolute atomic E-state index is 0.406. The molecule has 2 N–H and O–H groups in total. The fourth-order valence-corrected chi connectivity index (χ4v) is 1.23. The van der Waals surface area contributed by atoms with Crippen LogP contribution in [-0.4, -0.2) is 19.1 Å². The van der Waals surface area contributed by atoms with Gasteiger partial charge in [0.15, 0.2) is 0 Å². The summed E-state index contributed by atoms with van der Waals surface area (Å²) in [7, 11) is 1.32. The highest BCUT2D eigenvalue weighted by Crippen LogP contribution is 2.06.